The minimum Gasteiger partial charge on any atom is -0.345 e. The van der Waals surface area contributed by atoms with Crippen molar-refractivity contribution in [1.29, 1.82) is 0 Å². The van der Waals surface area contributed by atoms with Crippen LogP contribution in [-0.4, -0.2) is 37.0 Å². The van der Waals surface area contributed by atoms with Gasteiger partial charge in [0, 0.05) is 25.6 Å². The van der Waals surface area contributed by atoms with Crippen molar-refractivity contribution in [2.45, 2.75) is 45.1 Å². The molecule has 100 valence electrons. The zero-order valence-electron chi connectivity index (χ0n) is 10.9. The number of rotatable bonds is 3. The topological polar surface area (TPSA) is 32.3 Å². The monoisotopic (exact) mass is 260 g/mol. The molecule has 2 fully saturated rings. The molecule has 3 nitrogen and oxygen atoms in total. The number of carbonyl (C=O) groups is 1. The standard InChI is InChI=1S/C13H24N2O.ClH/c1-10-8-12(6-7-14-10)13(16)15(2)9-11-4-3-5-11;/h10-12,14H,3-9H2,1-2H3;1H/t10-,12-;/m0./s1. The van der Waals surface area contributed by atoms with Gasteiger partial charge in [-0.15, -0.1) is 12.4 Å². The van der Waals surface area contributed by atoms with Crippen molar-refractivity contribution in [2.75, 3.05) is 20.1 Å². The highest BCUT2D eigenvalue weighted by molar-refractivity contribution is 5.85. The number of hydrogen-bond acceptors (Lipinski definition) is 2. The average molecular weight is 261 g/mol. The number of amides is 1. The summed E-state index contributed by atoms with van der Waals surface area (Å²) in [5.41, 5.74) is 0. The minimum atomic E-state index is 0. The Morgan fingerprint density at radius 2 is 2.06 bits per heavy atom. The lowest BCUT2D eigenvalue weighted by molar-refractivity contribution is -0.136. The van der Waals surface area contributed by atoms with E-state index < -0.39 is 0 Å². The van der Waals surface area contributed by atoms with Crippen molar-refractivity contribution < 1.29 is 4.79 Å². The van der Waals surface area contributed by atoms with Gasteiger partial charge in [0.25, 0.3) is 0 Å². The molecule has 0 aromatic rings. The summed E-state index contributed by atoms with van der Waals surface area (Å²) in [5, 5.41) is 3.40. The highest BCUT2D eigenvalue weighted by atomic mass is 35.5. The molecule has 0 unspecified atom stereocenters. The van der Waals surface area contributed by atoms with E-state index >= 15 is 0 Å². The Morgan fingerprint density at radius 3 is 2.59 bits per heavy atom. The van der Waals surface area contributed by atoms with Crippen LogP contribution in [0.3, 0.4) is 0 Å². The summed E-state index contributed by atoms with van der Waals surface area (Å²) in [5.74, 6) is 1.43. The SMILES string of the molecule is C[C@H]1C[C@@H](C(=O)N(C)CC2CCC2)CCN1.Cl. The molecule has 0 bridgehead atoms. The molecule has 1 aliphatic heterocycles. The first-order valence-electron chi connectivity index (χ1n) is 6.65. The van der Waals surface area contributed by atoms with E-state index in [4.69, 9.17) is 0 Å². The van der Waals surface area contributed by atoms with Crippen LogP contribution in [0.2, 0.25) is 0 Å². The molecule has 2 aliphatic rings. The van der Waals surface area contributed by atoms with Gasteiger partial charge in [-0.3, -0.25) is 4.79 Å². The van der Waals surface area contributed by atoms with Crippen molar-refractivity contribution >= 4 is 18.3 Å². The molecule has 4 heteroatoms. The summed E-state index contributed by atoms with van der Waals surface area (Å²) in [4.78, 5) is 14.2. The van der Waals surface area contributed by atoms with Crippen LogP contribution in [0.15, 0.2) is 0 Å². The molecule has 0 radical (unpaired) electrons. The number of hydrogen-bond donors (Lipinski definition) is 1. The fraction of sp³-hybridized carbons (Fsp3) is 0.923. The van der Waals surface area contributed by atoms with E-state index in [-0.39, 0.29) is 18.3 Å². The molecule has 1 aliphatic carbocycles. The Balaban J connectivity index is 0.00000144. The van der Waals surface area contributed by atoms with E-state index in [0.29, 0.717) is 11.9 Å². The molecule has 0 aromatic carbocycles. The molecule has 2 rings (SSSR count). The van der Waals surface area contributed by atoms with E-state index in [1.54, 1.807) is 0 Å². The molecular formula is C13H25ClN2O. The third-order valence-corrected chi connectivity index (χ3v) is 4.11. The first kappa shape index (κ1) is 14.8. The smallest absolute Gasteiger partial charge is 0.225 e. The van der Waals surface area contributed by atoms with Gasteiger partial charge >= 0.3 is 0 Å². The van der Waals surface area contributed by atoms with Gasteiger partial charge in [0.2, 0.25) is 5.91 Å². The van der Waals surface area contributed by atoms with Crippen molar-refractivity contribution in [2.24, 2.45) is 11.8 Å². The third-order valence-electron chi connectivity index (χ3n) is 4.11. The van der Waals surface area contributed by atoms with E-state index in [9.17, 15) is 4.79 Å². The summed E-state index contributed by atoms with van der Waals surface area (Å²) < 4.78 is 0. The van der Waals surface area contributed by atoms with Crippen molar-refractivity contribution in [3.63, 3.8) is 0 Å². The van der Waals surface area contributed by atoms with Crippen molar-refractivity contribution in [3.05, 3.63) is 0 Å². The maximum absolute atomic E-state index is 12.2. The minimum absolute atomic E-state index is 0. The van der Waals surface area contributed by atoms with Crippen LogP contribution in [0.4, 0.5) is 0 Å². The van der Waals surface area contributed by atoms with Gasteiger partial charge < -0.3 is 10.2 Å². The van der Waals surface area contributed by atoms with Gasteiger partial charge in [0.15, 0.2) is 0 Å². The largest absolute Gasteiger partial charge is 0.345 e. The summed E-state index contributed by atoms with van der Waals surface area (Å²) in [6, 6.07) is 0.500. The summed E-state index contributed by atoms with van der Waals surface area (Å²) >= 11 is 0. The molecule has 2 atom stereocenters. The Kier molecular flexibility index (Phi) is 5.74. The Morgan fingerprint density at radius 1 is 1.35 bits per heavy atom. The lowest BCUT2D eigenvalue weighted by Crippen LogP contribution is -2.44. The number of piperidine rings is 1. The molecule has 0 spiro atoms. The Labute approximate surface area is 111 Å². The Hall–Kier alpha value is -0.280. The second-order valence-electron chi connectivity index (χ2n) is 5.59. The van der Waals surface area contributed by atoms with E-state index in [1.807, 2.05) is 11.9 Å². The number of nitrogens with zero attached hydrogens (tertiary/aromatic N) is 1. The van der Waals surface area contributed by atoms with Crippen LogP contribution < -0.4 is 5.32 Å². The molecule has 0 aromatic heterocycles. The van der Waals surface area contributed by atoms with E-state index in [1.165, 1.54) is 19.3 Å². The third kappa shape index (κ3) is 3.85. The molecule has 1 amide bonds. The van der Waals surface area contributed by atoms with Gasteiger partial charge in [0.05, 0.1) is 0 Å². The second-order valence-corrected chi connectivity index (χ2v) is 5.59. The lowest BCUT2D eigenvalue weighted by atomic mass is 9.84. The summed E-state index contributed by atoms with van der Waals surface area (Å²) in [6.45, 7) is 4.15. The molecule has 17 heavy (non-hydrogen) atoms. The van der Waals surface area contributed by atoms with Gasteiger partial charge in [-0.25, -0.2) is 0 Å². The maximum Gasteiger partial charge on any atom is 0.225 e. The second kappa shape index (κ2) is 6.60. The molecule has 1 heterocycles. The average Bonchev–Trinajstić information content (AvgIpc) is 2.22. The summed E-state index contributed by atoms with van der Waals surface area (Å²) in [6.07, 6.45) is 6.02. The summed E-state index contributed by atoms with van der Waals surface area (Å²) in [7, 11) is 1.98. The van der Waals surface area contributed by atoms with Crippen LogP contribution in [0, 0.1) is 11.8 Å². The molecular weight excluding hydrogens is 236 g/mol. The van der Waals surface area contributed by atoms with Crippen molar-refractivity contribution in [1.82, 2.24) is 10.2 Å². The van der Waals surface area contributed by atoms with Crippen LogP contribution in [0.25, 0.3) is 0 Å². The maximum atomic E-state index is 12.2. The van der Waals surface area contributed by atoms with Gasteiger partial charge in [-0.2, -0.15) is 0 Å². The molecule has 1 saturated carbocycles. The van der Waals surface area contributed by atoms with Gasteiger partial charge in [0.1, 0.15) is 0 Å². The van der Waals surface area contributed by atoms with Gasteiger partial charge in [-0.1, -0.05) is 6.42 Å². The predicted molar refractivity (Wildman–Crippen MR) is 72.4 cm³/mol. The van der Waals surface area contributed by atoms with E-state index in [0.717, 1.165) is 31.8 Å². The molecule has 1 N–H and O–H groups in total. The highest BCUT2D eigenvalue weighted by Gasteiger charge is 2.29. The number of nitrogens with one attached hydrogen (secondary N) is 1. The predicted octanol–water partition coefficient (Wildman–Crippen LogP) is 2.05. The zero-order chi connectivity index (χ0) is 11.5. The fourth-order valence-corrected chi connectivity index (χ4v) is 2.82. The molecule has 1 saturated heterocycles. The first-order valence-corrected chi connectivity index (χ1v) is 6.65. The van der Waals surface area contributed by atoms with Gasteiger partial charge in [-0.05, 0) is 45.1 Å². The van der Waals surface area contributed by atoms with Crippen LogP contribution in [-0.2, 0) is 4.79 Å². The zero-order valence-corrected chi connectivity index (χ0v) is 11.8. The van der Waals surface area contributed by atoms with Crippen molar-refractivity contribution in [3.8, 4) is 0 Å². The Bertz CT molecular complexity index is 256. The van der Waals surface area contributed by atoms with Crippen LogP contribution in [0.5, 0.6) is 0 Å². The van der Waals surface area contributed by atoms with Crippen LogP contribution in [0.1, 0.15) is 39.0 Å². The quantitative estimate of drug-likeness (QED) is 0.843. The van der Waals surface area contributed by atoms with Crippen LogP contribution >= 0.6 is 12.4 Å². The van der Waals surface area contributed by atoms with E-state index in [2.05, 4.69) is 12.2 Å². The normalized spacial score (nSPS) is 29.1. The number of carbonyl (C=O) groups excluding carboxylic acids is 1. The first-order chi connectivity index (χ1) is 7.66. The highest BCUT2D eigenvalue weighted by Crippen LogP contribution is 2.27. The fourth-order valence-electron chi connectivity index (χ4n) is 2.82. The lowest BCUT2D eigenvalue weighted by Gasteiger charge is -2.34. The number of halogens is 1.